The highest BCUT2D eigenvalue weighted by Crippen LogP contribution is 2.37. The molecule has 1 amide bonds. The highest BCUT2D eigenvalue weighted by molar-refractivity contribution is 5.98. The molecule has 7 heteroatoms. The van der Waals surface area contributed by atoms with E-state index in [0.29, 0.717) is 11.1 Å². The summed E-state index contributed by atoms with van der Waals surface area (Å²) in [5.41, 5.74) is 0.776. The van der Waals surface area contributed by atoms with Crippen LogP contribution in [0.4, 0.5) is 14.9 Å². The summed E-state index contributed by atoms with van der Waals surface area (Å²) in [6, 6.07) is 4.58. The van der Waals surface area contributed by atoms with Crippen LogP contribution in [0.25, 0.3) is 11.1 Å². The molecule has 1 aromatic carbocycles. The average molecular weight is 346 g/mol. The van der Waals surface area contributed by atoms with Crippen molar-refractivity contribution in [1.82, 2.24) is 4.57 Å². The van der Waals surface area contributed by atoms with E-state index in [9.17, 15) is 14.0 Å². The summed E-state index contributed by atoms with van der Waals surface area (Å²) in [5, 5.41) is 2.62. The number of carbonyl (C=O) groups excluding carboxylic acids is 2. The Morgan fingerprint density at radius 3 is 2.72 bits per heavy atom. The first-order valence-corrected chi connectivity index (χ1v) is 7.87. The second-order valence-corrected chi connectivity index (χ2v) is 6.87. The van der Waals surface area contributed by atoms with Crippen LogP contribution in [0.15, 0.2) is 30.6 Å². The maximum absolute atomic E-state index is 14.3. The summed E-state index contributed by atoms with van der Waals surface area (Å²) in [7, 11) is 0. The lowest BCUT2D eigenvalue weighted by atomic mass is 10.1. The van der Waals surface area contributed by atoms with E-state index in [1.165, 1.54) is 16.8 Å². The van der Waals surface area contributed by atoms with Crippen LogP contribution in [0, 0.1) is 5.82 Å². The van der Waals surface area contributed by atoms with Gasteiger partial charge in [-0.3, -0.25) is 9.36 Å². The Bertz CT molecular complexity index is 851. The van der Waals surface area contributed by atoms with Gasteiger partial charge in [0.15, 0.2) is 17.7 Å². The minimum atomic E-state index is -0.749. The summed E-state index contributed by atoms with van der Waals surface area (Å²) in [5.74, 6) is -0.901. The number of benzene rings is 1. The van der Waals surface area contributed by atoms with Crippen LogP contribution in [0.2, 0.25) is 0 Å². The molecule has 25 heavy (non-hydrogen) atoms. The molecule has 0 saturated carbocycles. The third-order valence-corrected chi connectivity index (χ3v) is 3.60. The molecule has 0 radical (unpaired) electrons. The lowest BCUT2D eigenvalue weighted by Gasteiger charge is -2.24. The Morgan fingerprint density at radius 2 is 2.04 bits per heavy atom. The van der Waals surface area contributed by atoms with Gasteiger partial charge in [0.2, 0.25) is 0 Å². The van der Waals surface area contributed by atoms with Crippen LogP contribution < -0.4 is 10.1 Å². The van der Waals surface area contributed by atoms with Crippen molar-refractivity contribution in [3.63, 3.8) is 0 Å². The van der Waals surface area contributed by atoms with E-state index in [2.05, 4.69) is 5.32 Å². The number of nitrogens with zero attached hydrogens (tertiary/aromatic N) is 1. The predicted molar refractivity (Wildman–Crippen MR) is 90.2 cm³/mol. The maximum Gasteiger partial charge on any atom is 0.418 e. The molecule has 1 aliphatic rings. The molecule has 2 heterocycles. The largest absolute Gasteiger partial charge is 0.476 e. The molecule has 0 saturated heterocycles. The number of ether oxygens (including phenoxy) is 2. The number of rotatable bonds is 1. The number of amides is 1. The first kappa shape index (κ1) is 17.0. The molecule has 0 aliphatic carbocycles. The van der Waals surface area contributed by atoms with Crippen molar-refractivity contribution in [3.05, 3.63) is 36.4 Å². The van der Waals surface area contributed by atoms with E-state index >= 15 is 0 Å². The summed E-state index contributed by atoms with van der Waals surface area (Å²) in [6.07, 6.45) is 1.81. The summed E-state index contributed by atoms with van der Waals surface area (Å²) in [4.78, 5) is 23.8. The standard InChI is InChI=1S/C18H19FN2O4/c1-10-16(22)20-14-8-12(7-13(19)15(14)24-10)11-5-6-21(9-11)17(23)25-18(2,3)4/h5-10H,1-4H3,(H,20,22)/t10-/m1/s1. The van der Waals surface area contributed by atoms with Gasteiger partial charge in [-0.1, -0.05) is 0 Å². The zero-order chi connectivity index (χ0) is 18.4. The van der Waals surface area contributed by atoms with Crippen molar-refractivity contribution in [1.29, 1.82) is 0 Å². The van der Waals surface area contributed by atoms with E-state index in [1.807, 2.05) is 0 Å². The SMILES string of the molecule is C[C@H]1Oc2c(F)cc(-c3ccn(C(=O)OC(C)(C)C)c3)cc2NC1=O. The van der Waals surface area contributed by atoms with Crippen LogP contribution in [0.3, 0.4) is 0 Å². The Hall–Kier alpha value is -2.83. The molecule has 3 rings (SSSR count). The molecule has 6 nitrogen and oxygen atoms in total. The topological polar surface area (TPSA) is 69.6 Å². The fraction of sp³-hybridized carbons (Fsp3) is 0.333. The fourth-order valence-corrected chi connectivity index (χ4v) is 2.43. The van der Waals surface area contributed by atoms with Gasteiger partial charge in [-0.15, -0.1) is 0 Å². The predicted octanol–water partition coefficient (Wildman–Crippen LogP) is 3.80. The lowest BCUT2D eigenvalue weighted by molar-refractivity contribution is -0.122. The summed E-state index contributed by atoms with van der Waals surface area (Å²) < 4.78 is 26.2. The first-order valence-electron chi connectivity index (χ1n) is 7.87. The Morgan fingerprint density at radius 1 is 1.32 bits per heavy atom. The van der Waals surface area contributed by atoms with Crippen molar-refractivity contribution in [2.75, 3.05) is 5.32 Å². The van der Waals surface area contributed by atoms with Gasteiger partial charge in [0.1, 0.15) is 5.60 Å². The Balaban J connectivity index is 1.91. The van der Waals surface area contributed by atoms with Crippen LogP contribution in [0.1, 0.15) is 27.7 Å². The van der Waals surface area contributed by atoms with Crippen molar-refractivity contribution in [2.24, 2.45) is 0 Å². The molecule has 132 valence electrons. The molecule has 0 bridgehead atoms. The number of fused-ring (bicyclic) bond motifs is 1. The van der Waals surface area contributed by atoms with E-state index in [1.54, 1.807) is 46.0 Å². The third-order valence-electron chi connectivity index (χ3n) is 3.60. The van der Waals surface area contributed by atoms with Gasteiger partial charge in [0.25, 0.3) is 5.91 Å². The van der Waals surface area contributed by atoms with Crippen molar-refractivity contribution in [2.45, 2.75) is 39.4 Å². The van der Waals surface area contributed by atoms with Gasteiger partial charge in [0, 0.05) is 18.0 Å². The highest BCUT2D eigenvalue weighted by atomic mass is 19.1. The van der Waals surface area contributed by atoms with E-state index in [4.69, 9.17) is 9.47 Å². The molecular weight excluding hydrogens is 327 g/mol. The van der Waals surface area contributed by atoms with Gasteiger partial charge in [-0.2, -0.15) is 0 Å². The third kappa shape index (κ3) is 3.50. The number of halogens is 1. The van der Waals surface area contributed by atoms with Gasteiger partial charge in [-0.25, -0.2) is 9.18 Å². The number of hydrogen-bond donors (Lipinski definition) is 1. The number of hydrogen-bond acceptors (Lipinski definition) is 4. The number of aromatic nitrogens is 1. The second-order valence-electron chi connectivity index (χ2n) is 6.87. The molecular formula is C18H19FN2O4. The summed E-state index contributed by atoms with van der Waals surface area (Å²) >= 11 is 0. The number of nitrogens with one attached hydrogen (secondary N) is 1. The van der Waals surface area contributed by atoms with Gasteiger partial charge in [-0.05, 0) is 51.5 Å². The summed E-state index contributed by atoms with van der Waals surface area (Å²) in [6.45, 7) is 6.88. The quantitative estimate of drug-likeness (QED) is 0.853. The number of anilines is 1. The van der Waals surface area contributed by atoms with Gasteiger partial charge >= 0.3 is 6.09 Å². The zero-order valence-corrected chi connectivity index (χ0v) is 14.4. The Labute approximate surface area is 144 Å². The molecule has 1 aliphatic heterocycles. The molecule has 2 aromatic rings. The van der Waals surface area contributed by atoms with Crippen molar-refractivity contribution < 1.29 is 23.5 Å². The molecule has 1 aromatic heterocycles. The van der Waals surface area contributed by atoms with Gasteiger partial charge < -0.3 is 14.8 Å². The fourth-order valence-electron chi connectivity index (χ4n) is 2.43. The first-order chi connectivity index (χ1) is 11.6. The maximum atomic E-state index is 14.3. The molecule has 1 atom stereocenters. The van der Waals surface area contributed by atoms with Crippen LogP contribution in [0.5, 0.6) is 5.75 Å². The number of carbonyl (C=O) groups is 2. The molecule has 0 unspecified atom stereocenters. The molecule has 1 N–H and O–H groups in total. The zero-order valence-electron chi connectivity index (χ0n) is 14.4. The van der Waals surface area contributed by atoms with E-state index in [0.717, 1.165) is 0 Å². The highest BCUT2D eigenvalue weighted by Gasteiger charge is 2.27. The van der Waals surface area contributed by atoms with Crippen molar-refractivity contribution >= 4 is 17.7 Å². The van der Waals surface area contributed by atoms with E-state index in [-0.39, 0.29) is 17.3 Å². The van der Waals surface area contributed by atoms with Crippen LogP contribution in [-0.2, 0) is 9.53 Å². The molecule has 0 fully saturated rings. The lowest BCUT2D eigenvalue weighted by Crippen LogP contribution is -2.34. The van der Waals surface area contributed by atoms with Gasteiger partial charge in [0.05, 0.1) is 5.69 Å². The minimum absolute atomic E-state index is 0.0161. The second kappa shape index (κ2) is 5.91. The van der Waals surface area contributed by atoms with E-state index < -0.39 is 23.6 Å². The van der Waals surface area contributed by atoms with Crippen molar-refractivity contribution in [3.8, 4) is 16.9 Å². The minimum Gasteiger partial charge on any atom is -0.476 e. The normalized spacial score (nSPS) is 16.7. The van der Waals surface area contributed by atoms with Crippen LogP contribution >= 0.6 is 0 Å². The smallest absolute Gasteiger partial charge is 0.418 e. The monoisotopic (exact) mass is 346 g/mol. The Kier molecular flexibility index (Phi) is 4.02. The average Bonchev–Trinajstić information content (AvgIpc) is 2.97. The van der Waals surface area contributed by atoms with Crippen LogP contribution in [-0.4, -0.2) is 28.3 Å². The molecule has 0 spiro atoms.